The summed E-state index contributed by atoms with van der Waals surface area (Å²) in [7, 11) is 0. The molecule has 98 valence electrons. The second-order valence-electron chi connectivity index (χ2n) is 5.32. The van der Waals surface area contributed by atoms with Gasteiger partial charge in [0.2, 0.25) is 0 Å². The first-order chi connectivity index (χ1) is 9.17. The van der Waals surface area contributed by atoms with Gasteiger partial charge in [-0.05, 0) is 47.7 Å². The largest absolute Gasteiger partial charge is 0.453 e. The molecule has 0 saturated heterocycles. The lowest BCUT2D eigenvalue weighted by molar-refractivity contribution is 0.480. The Balaban J connectivity index is 1.99. The predicted molar refractivity (Wildman–Crippen MR) is 79.7 cm³/mol. The van der Waals surface area contributed by atoms with Crippen LogP contribution in [0.4, 0.5) is 11.4 Å². The van der Waals surface area contributed by atoms with Crippen LogP contribution in [0.2, 0.25) is 0 Å². The van der Waals surface area contributed by atoms with Gasteiger partial charge in [-0.15, -0.1) is 0 Å². The minimum Gasteiger partial charge on any atom is -0.453 e. The normalized spacial score (nSPS) is 12.4. The van der Waals surface area contributed by atoms with Crippen molar-refractivity contribution in [2.75, 3.05) is 5.32 Å². The molecule has 2 aromatic carbocycles. The standard InChI is InChI=1S/C17H19NO/c1-4-12-5-8-16-15(9-12)18-14-7-6-13(11(2)3)10-17(14)19-16/h5-11,18H,4H2,1-3H3. The van der Waals surface area contributed by atoms with Gasteiger partial charge < -0.3 is 10.1 Å². The molecule has 1 N–H and O–H groups in total. The quantitative estimate of drug-likeness (QED) is 0.676. The molecule has 1 heterocycles. The molecule has 0 saturated carbocycles. The number of fused-ring (bicyclic) bond motifs is 2. The Morgan fingerprint density at radius 1 is 1.00 bits per heavy atom. The van der Waals surface area contributed by atoms with Gasteiger partial charge in [-0.25, -0.2) is 0 Å². The van der Waals surface area contributed by atoms with Gasteiger partial charge in [-0.2, -0.15) is 0 Å². The molecule has 0 unspecified atom stereocenters. The summed E-state index contributed by atoms with van der Waals surface area (Å²) < 4.78 is 6.01. The van der Waals surface area contributed by atoms with E-state index in [2.05, 4.69) is 56.4 Å². The maximum atomic E-state index is 6.01. The van der Waals surface area contributed by atoms with Gasteiger partial charge in [-0.3, -0.25) is 0 Å². The molecule has 0 atom stereocenters. The summed E-state index contributed by atoms with van der Waals surface area (Å²) in [6.07, 6.45) is 1.04. The van der Waals surface area contributed by atoms with E-state index in [9.17, 15) is 0 Å². The molecule has 2 heteroatoms. The van der Waals surface area contributed by atoms with Gasteiger partial charge in [0.25, 0.3) is 0 Å². The number of ether oxygens (including phenoxy) is 1. The molecule has 1 aliphatic rings. The molecule has 19 heavy (non-hydrogen) atoms. The molecule has 0 fully saturated rings. The highest BCUT2D eigenvalue weighted by atomic mass is 16.5. The van der Waals surface area contributed by atoms with Crippen molar-refractivity contribution in [3.63, 3.8) is 0 Å². The zero-order chi connectivity index (χ0) is 13.4. The fraction of sp³-hybridized carbons (Fsp3) is 0.294. The molecule has 1 aliphatic heterocycles. The van der Waals surface area contributed by atoms with E-state index in [0.717, 1.165) is 29.3 Å². The number of anilines is 2. The first-order valence-corrected chi connectivity index (χ1v) is 6.89. The Morgan fingerprint density at radius 3 is 2.58 bits per heavy atom. The van der Waals surface area contributed by atoms with Gasteiger partial charge in [0.1, 0.15) is 0 Å². The second-order valence-corrected chi connectivity index (χ2v) is 5.32. The van der Waals surface area contributed by atoms with E-state index < -0.39 is 0 Å². The number of nitrogens with one attached hydrogen (secondary N) is 1. The van der Waals surface area contributed by atoms with E-state index in [1.54, 1.807) is 0 Å². The summed E-state index contributed by atoms with van der Waals surface area (Å²) in [5, 5.41) is 3.46. The average Bonchev–Trinajstić information content (AvgIpc) is 2.43. The minimum atomic E-state index is 0.512. The first-order valence-electron chi connectivity index (χ1n) is 6.89. The number of aryl methyl sites for hydroxylation is 1. The second kappa shape index (κ2) is 4.61. The Morgan fingerprint density at radius 2 is 1.84 bits per heavy atom. The van der Waals surface area contributed by atoms with Gasteiger partial charge in [0.05, 0.1) is 11.4 Å². The molecular formula is C17H19NO. The lowest BCUT2D eigenvalue weighted by Gasteiger charge is -2.23. The fourth-order valence-corrected chi connectivity index (χ4v) is 2.33. The van der Waals surface area contributed by atoms with Crippen LogP contribution < -0.4 is 10.1 Å². The summed E-state index contributed by atoms with van der Waals surface area (Å²) in [5.41, 5.74) is 4.72. The van der Waals surface area contributed by atoms with Crippen LogP contribution in [0.3, 0.4) is 0 Å². The van der Waals surface area contributed by atoms with Crippen molar-refractivity contribution in [1.82, 2.24) is 0 Å². The van der Waals surface area contributed by atoms with Crippen LogP contribution in [-0.4, -0.2) is 0 Å². The molecule has 0 radical (unpaired) electrons. The summed E-state index contributed by atoms with van der Waals surface area (Å²) in [6.45, 7) is 6.55. The van der Waals surface area contributed by atoms with Crippen molar-refractivity contribution in [2.45, 2.75) is 33.1 Å². The van der Waals surface area contributed by atoms with Crippen LogP contribution in [-0.2, 0) is 6.42 Å². The van der Waals surface area contributed by atoms with Crippen molar-refractivity contribution in [1.29, 1.82) is 0 Å². The molecule has 0 aromatic heterocycles. The van der Waals surface area contributed by atoms with Gasteiger partial charge in [0, 0.05) is 0 Å². The highest BCUT2D eigenvalue weighted by Gasteiger charge is 2.17. The van der Waals surface area contributed by atoms with E-state index in [1.165, 1.54) is 11.1 Å². The molecule has 0 amide bonds. The molecule has 3 rings (SSSR count). The average molecular weight is 253 g/mol. The number of hydrogen-bond donors (Lipinski definition) is 1. The van der Waals surface area contributed by atoms with E-state index >= 15 is 0 Å². The predicted octanol–water partition coefficient (Wildman–Crippen LogP) is 5.22. The van der Waals surface area contributed by atoms with Crippen LogP contribution in [0.5, 0.6) is 11.5 Å². The molecular weight excluding hydrogens is 234 g/mol. The van der Waals surface area contributed by atoms with Gasteiger partial charge >= 0.3 is 0 Å². The third-order valence-corrected chi connectivity index (χ3v) is 3.61. The first kappa shape index (κ1) is 12.1. The SMILES string of the molecule is CCc1ccc2c(c1)Nc1ccc(C(C)C)cc1O2. The molecule has 2 nitrogen and oxygen atoms in total. The topological polar surface area (TPSA) is 21.3 Å². The highest BCUT2D eigenvalue weighted by Crippen LogP contribution is 2.43. The zero-order valence-electron chi connectivity index (χ0n) is 11.7. The third kappa shape index (κ3) is 2.19. The number of benzene rings is 2. The molecule has 2 aromatic rings. The fourth-order valence-electron chi connectivity index (χ4n) is 2.33. The maximum Gasteiger partial charge on any atom is 0.151 e. The number of rotatable bonds is 2. The Kier molecular flexibility index (Phi) is 2.94. The van der Waals surface area contributed by atoms with Crippen molar-refractivity contribution < 1.29 is 4.74 Å². The molecule has 0 spiro atoms. The maximum absolute atomic E-state index is 6.01. The van der Waals surface area contributed by atoms with Crippen molar-refractivity contribution in [3.05, 3.63) is 47.5 Å². The Hall–Kier alpha value is -1.96. The van der Waals surface area contributed by atoms with E-state index in [0.29, 0.717) is 5.92 Å². The van der Waals surface area contributed by atoms with Gasteiger partial charge in [-0.1, -0.05) is 32.9 Å². The Labute approximate surface area is 114 Å². The van der Waals surface area contributed by atoms with Crippen LogP contribution in [0.15, 0.2) is 36.4 Å². The van der Waals surface area contributed by atoms with Crippen molar-refractivity contribution >= 4 is 11.4 Å². The van der Waals surface area contributed by atoms with Crippen LogP contribution in [0.25, 0.3) is 0 Å². The zero-order valence-corrected chi connectivity index (χ0v) is 11.7. The lowest BCUT2D eigenvalue weighted by Crippen LogP contribution is -2.04. The third-order valence-electron chi connectivity index (χ3n) is 3.61. The lowest BCUT2D eigenvalue weighted by atomic mass is 10.0. The monoisotopic (exact) mass is 253 g/mol. The van der Waals surface area contributed by atoms with Crippen LogP contribution in [0, 0.1) is 0 Å². The minimum absolute atomic E-state index is 0.512. The smallest absolute Gasteiger partial charge is 0.151 e. The summed E-state index contributed by atoms with van der Waals surface area (Å²) in [4.78, 5) is 0. The van der Waals surface area contributed by atoms with Crippen molar-refractivity contribution in [2.24, 2.45) is 0 Å². The van der Waals surface area contributed by atoms with Crippen LogP contribution >= 0.6 is 0 Å². The summed E-state index contributed by atoms with van der Waals surface area (Å²) in [6, 6.07) is 12.7. The Bertz CT molecular complexity index is 617. The molecule has 0 aliphatic carbocycles. The molecule has 0 bridgehead atoms. The summed E-state index contributed by atoms with van der Waals surface area (Å²) in [5.74, 6) is 2.34. The van der Waals surface area contributed by atoms with Crippen molar-refractivity contribution in [3.8, 4) is 11.5 Å². The van der Waals surface area contributed by atoms with E-state index in [-0.39, 0.29) is 0 Å². The highest BCUT2D eigenvalue weighted by molar-refractivity contribution is 5.76. The van der Waals surface area contributed by atoms with E-state index in [1.807, 2.05) is 6.07 Å². The summed E-state index contributed by atoms with van der Waals surface area (Å²) >= 11 is 0. The van der Waals surface area contributed by atoms with E-state index in [4.69, 9.17) is 4.74 Å². The number of hydrogen-bond acceptors (Lipinski definition) is 2. The van der Waals surface area contributed by atoms with Gasteiger partial charge in [0.15, 0.2) is 11.5 Å². The van der Waals surface area contributed by atoms with Crippen LogP contribution in [0.1, 0.15) is 37.8 Å².